The summed E-state index contributed by atoms with van der Waals surface area (Å²) in [6, 6.07) is 6.59. The van der Waals surface area contributed by atoms with Gasteiger partial charge >= 0.3 is 0 Å². The molecule has 1 aromatic carbocycles. The van der Waals surface area contributed by atoms with E-state index in [4.69, 9.17) is 11.6 Å². The number of aliphatic hydroxyl groups excluding tert-OH is 1. The molecule has 88 valence electrons. The number of carbonyl (C=O) groups is 2. The van der Waals surface area contributed by atoms with Crippen LogP contribution in [-0.2, 0) is 9.59 Å². The van der Waals surface area contributed by atoms with Crippen molar-refractivity contribution in [3.8, 4) is 0 Å². The second-order valence-electron chi connectivity index (χ2n) is 3.90. The Morgan fingerprint density at radius 2 is 1.71 bits per heavy atom. The van der Waals surface area contributed by atoms with Crippen LogP contribution in [0.25, 0.3) is 5.76 Å². The molecule has 3 nitrogen and oxygen atoms in total. The van der Waals surface area contributed by atoms with Crippen molar-refractivity contribution in [1.82, 2.24) is 0 Å². The van der Waals surface area contributed by atoms with Crippen molar-refractivity contribution in [2.75, 3.05) is 0 Å². The highest BCUT2D eigenvalue weighted by molar-refractivity contribution is 6.33. The monoisotopic (exact) mass is 250 g/mol. The Balaban J connectivity index is 2.54. The lowest BCUT2D eigenvalue weighted by Gasteiger charge is -2.14. The van der Waals surface area contributed by atoms with Crippen LogP contribution in [0.3, 0.4) is 0 Å². The summed E-state index contributed by atoms with van der Waals surface area (Å²) < 4.78 is 0. The number of allylic oxidation sites excluding steroid dienone is 1. The largest absolute Gasteiger partial charge is 0.506 e. The highest BCUT2D eigenvalue weighted by Crippen LogP contribution is 2.28. The molecule has 1 aliphatic rings. The summed E-state index contributed by atoms with van der Waals surface area (Å²) in [5.74, 6) is -0.914. The van der Waals surface area contributed by atoms with E-state index in [1.165, 1.54) is 0 Å². The Morgan fingerprint density at radius 3 is 2.29 bits per heavy atom. The first-order chi connectivity index (χ1) is 8.11. The molecule has 0 spiro atoms. The second kappa shape index (κ2) is 4.72. The number of hydrogen-bond acceptors (Lipinski definition) is 3. The summed E-state index contributed by atoms with van der Waals surface area (Å²) in [6.07, 6.45) is 1.15. The molecule has 1 aromatic rings. The van der Waals surface area contributed by atoms with Gasteiger partial charge in [0.25, 0.3) is 0 Å². The van der Waals surface area contributed by atoms with Crippen molar-refractivity contribution in [3.63, 3.8) is 0 Å². The van der Waals surface area contributed by atoms with Crippen molar-refractivity contribution >= 4 is 28.9 Å². The number of halogens is 1. The molecule has 17 heavy (non-hydrogen) atoms. The molecule has 0 heterocycles. The fraction of sp³-hybridized carbons (Fsp3) is 0.231. The van der Waals surface area contributed by atoms with Gasteiger partial charge in [-0.05, 0) is 18.6 Å². The highest BCUT2D eigenvalue weighted by atomic mass is 35.5. The van der Waals surface area contributed by atoms with E-state index in [-0.39, 0.29) is 22.9 Å². The standard InChI is InChI=1S/C13H11ClO3/c14-9-5-2-1-4-8(9)13(17)12-10(15)6-3-7-11(12)16/h1-2,4-5,17H,3,6-7H2. The zero-order chi connectivity index (χ0) is 12.4. The van der Waals surface area contributed by atoms with Gasteiger partial charge in [0.1, 0.15) is 11.3 Å². The fourth-order valence-electron chi connectivity index (χ4n) is 1.87. The molecule has 0 aliphatic heterocycles. The van der Waals surface area contributed by atoms with Gasteiger partial charge in [0.2, 0.25) is 0 Å². The Hall–Kier alpha value is -1.61. The van der Waals surface area contributed by atoms with Gasteiger partial charge in [0.15, 0.2) is 11.6 Å². The van der Waals surface area contributed by atoms with Gasteiger partial charge in [0, 0.05) is 18.4 Å². The summed E-state index contributed by atoms with van der Waals surface area (Å²) in [5.41, 5.74) is 0.220. The number of benzene rings is 1. The summed E-state index contributed by atoms with van der Waals surface area (Å²) in [5, 5.41) is 10.3. The molecular formula is C13H11ClO3. The Labute approximate surface area is 104 Å². The molecule has 0 radical (unpaired) electrons. The van der Waals surface area contributed by atoms with Crippen molar-refractivity contribution < 1.29 is 14.7 Å². The minimum Gasteiger partial charge on any atom is -0.506 e. The van der Waals surface area contributed by atoms with Crippen molar-refractivity contribution in [2.24, 2.45) is 0 Å². The summed E-state index contributed by atoms with van der Waals surface area (Å²) >= 11 is 5.92. The summed E-state index contributed by atoms with van der Waals surface area (Å²) in [6.45, 7) is 0. The molecule has 0 atom stereocenters. The molecule has 4 heteroatoms. The molecule has 0 bridgehead atoms. The molecule has 0 unspecified atom stereocenters. The summed E-state index contributed by atoms with van der Waals surface area (Å²) in [4.78, 5) is 23.3. The average Bonchev–Trinajstić information content (AvgIpc) is 2.29. The van der Waals surface area contributed by atoms with E-state index in [0.29, 0.717) is 29.8 Å². The SMILES string of the molecule is O=C1CCCC(=O)C1=C(O)c1ccccc1Cl. The molecular weight excluding hydrogens is 240 g/mol. The Morgan fingerprint density at radius 1 is 1.12 bits per heavy atom. The molecule has 1 aliphatic carbocycles. The number of aliphatic hydroxyl groups is 1. The normalized spacial score (nSPS) is 16.2. The zero-order valence-corrected chi connectivity index (χ0v) is 9.83. The fourth-order valence-corrected chi connectivity index (χ4v) is 2.09. The van der Waals surface area contributed by atoms with Crippen LogP contribution >= 0.6 is 11.6 Å². The predicted octanol–water partition coefficient (Wildman–Crippen LogP) is 2.93. The van der Waals surface area contributed by atoms with Crippen LogP contribution in [0.1, 0.15) is 24.8 Å². The minimum absolute atomic E-state index is 0.107. The van der Waals surface area contributed by atoms with Crippen molar-refractivity contribution in [3.05, 3.63) is 40.4 Å². The van der Waals surface area contributed by atoms with Crippen LogP contribution in [0, 0.1) is 0 Å². The molecule has 1 saturated carbocycles. The van der Waals surface area contributed by atoms with Crippen LogP contribution in [0.15, 0.2) is 29.8 Å². The Bertz CT molecular complexity index is 499. The highest BCUT2D eigenvalue weighted by Gasteiger charge is 2.28. The molecule has 2 rings (SSSR count). The number of hydrogen-bond donors (Lipinski definition) is 1. The zero-order valence-electron chi connectivity index (χ0n) is 9.07. The molecule has 0 amide bonds. The van der Waals surface area contributed by atoms with E-state index in [9.17, 15) is 14.7 Å². The number of Topliss-reactive ketones (excluding diaryl/α,β-unsaturated/α-hetero) is 2. The van der Waals surface area contributed by atoms with E-state index in [0.717, 1.165) is 0 Å². The predicted molar refractivity (Wildman–Crippen MR) is 64.9 cm³/mol. The van der Waals surface area contributed by atoms with Crippen LogP contribution in [-0.4, -0.2) is 16.7 Å². The third-order valence-electron chi connectivity index (χ3n) is 2.73. The lowest BCUT2D eigenvalue weighted by molar-refractivity contribution is -0.123. The maximum atomic E-state index is 11.6. The van der Waals surface area contributed by atoms with Crippen LogP contribution in [0.4, 0.5) is 0 Å². The van der Waals surface area contributed by atoms with Crippen molar-refractivity contribution in [2.45, 2.75) is 19.3 Å². The van der Waals surface area contributed by atoms with Gasteiger partial charge in [-0.15, -0.1) is 0 Å². The minimum atomic E-state index is -0.307. The number of ketones is 2. The first-order valence-electron chi connectivity index (χ1n) is 5.36. The van der Waals surface area contributed by atoms with Crippen LogP contribution in [0.2, 0.25) is 5.02 Å². The maximum absolute atomic E-state index is 11.6. The van der Waals surface area contributed by atoms with Crippen molar-refractivity contribution in [1.29, 1.82) is 0 Å². The van der Waals surface area contributed by atoms with Gasteiger partial charge in [-0.25, -0.2) is 0 Å². The lowest BCUT2D eigenvalue weighted by atomic mass is 9.90. The average molecular weight is 251 g/mol. The molecule has 0 saturated heterocycles. The van der Waals surface area contributed by atoms with E-state index >= 15 is 0 Å². The Kier molecular flexibility index (Phi) is 3.29. The van der Waals surface area contributed by atoms with E-state index < -0.39 is 0 Å². The number of rotatable bonds is 1. The second-order valence-corrected chi connectivity index (χ2v) is 4.31. The van der Waals surface area contributed by atoms with E-state index in [1.807, 2.05) is 0 Å². The quantitative estimate of drug-likeness (QED) is 0.474. The van der Waals surface area contributed by atoms with Gasteiger partial charge in [0.05, 0.1) is 5.02 Å². The molecule has 0 aromatic heterocycles. The lowest BCUT2D eigenvalue weighted by Crippen LogP contribution is -2.20. The third kappa shape index (κ3) is 2.24. The first kappa shape index (κ1) is 11.9. The third-order valence-corrected chi connectivity index (χ3v) is 3.06. The topological polar surface area (TPSA) is 54.4 Å². The van der Waals surface area contributed by atoms with E-state index in [2.05, 4.69) is 0 Å². The molecule has 1 N–H and O–H groups in total. The van der Waals surface area contributed by atoms with Crippen LogP contribution in [0.5, 0.6) is 0 Å². The number of carbonyl (C=O) groups excluding carboxylic acids is 2. The van der Waals surface area contributed by atoms with Gasteiger partial charge in [-0.2, -0.15) is 0 Å². The van der Waals surface area contributed by atoms with E-state index in [1.54, 1.807) is 24.3 Å². The van der Waals surface area contributed by atoms with Gasteiger partial charge in [-0.3, -0.25) is 9.59 Å². The molecule has 1 fully saturated rings. The van der Waals surface area contributed by atoms with Crippen LogP contribution < -0.4 is 0 Å². The summed E-state index contributed by atoms with van der Waals surface area (Å²) in [7, 11) is 0. The maximum Gasteiger partial charge on any atom is 0.170 e. The smallest absolute Gasteiger partial charge is 0.170 e. The van der Waals surface area contributed by atoms with Gasteiger partial charge < -0.3 is 5.11 Å². The first-order valence-corrected chi connectivity index (χ1v) is 5.73. The van der Waals surface area contributed by atoms with Gasteiger partial charge in [-0.1, -0.05) is 23.7 Å².